The number of rotatable bonds is 1. The number of carbonyl (C=O) groups excluding carboxylic acids is 2. The number of cyclic esters (lactones) is 1. The molecule has 14 heavy (non-hydrogen) atoms. The smallest absolute Gasteiger partial charge is 0.416 e. The molecule has 4 nitrogen and oxygen atoms in total. The van der Waals surface area contributed by atoms with E-state index in [1.54, 1.807) is 0 Å². The van der Waals surface area contributed by atoms with Crippen LogP contribution in [-0.2, 0) is 9.53 Å². The molecular formula is C10H13NO3. The van der Waals surface area contributed by atoms with E-state index in [2.05, 4.69) is 6.58 Å². The molecule has 0 bridgehead atoms. The van der Waals surface area contributed by atoms with E-state index in [-0.39, 0.29) is 11.8 Å². The minimum absolute atomic E-state index is 0.0480. The van der Waals surface area contributed by atoms with Crippen molar-refractivity contribution in [2.75, 3.05) is 13.2 Å². The van der Waals surface area contributed by atoms with E-state index in [1.165, 1.54) is 4.90 Å². The molecule has 0 N–H and O–H groups in total. The van der Waals surface area contributed by atoms with E-state index in [0.717, 1.165) is 24.8 Å². The Morgan fingerprint density at radius 1 is 1.57 bits per heavy atom. The lowest BCUT2D eigenvalue weighted by Gasteiger charge is -2.14. The number of nitrogens with zero attached hydrogens (tertiary/aromatic N) is 1. The highest BCUT2D eigenvalue weighted by atomic mass is 16.6. The van der Waals surface area contributed by atoms with Crippen molar-refractivity contribution in [1.82, 2.24) is 4.90 Å². The molecule has 0 radical (unpaired) electrons. The zero-order valence-corrected chi connectivity index (χ0v) is 7.99. The van der Waals surface area contributed by atoms with Gasteiger partial charge in [0.15, 0.2) is 0 Å². The molecule has 1 atom stereocenters. The summed E-state index contributed by atoms with van der Waals surface area (Å²) in [4.78, 5) is 24.1. The van der Waals surface area contributed by atoms with Gasteiger partial charge >= 0.3 is 6.09 Å². The lowest BCUT2D eigenvalue weighted by molar-refractivity contribution is -0.131. The van der Waals surface area contributed by atoms with Crippen molar-refractivity contribution in [3.05, 3.63) is 12.2 Å². The van der Waals surface area contributed by atoms with Gasteiger partial charge in [0.05, 0.1) is 6.54 Å². The van der Waals surface area contributed by atoms with E-state index >= 15 is 0 Å². The first-order valence-corrected chi connectivity index (χ1v) is 4.83. The van der Waals surface area contributed by atoms with Gasteiger partial charge in [0.25, 0.3) is 0 Å². The van der Waals surface area contributed by atoms with E-state index in [9.17, 15) is 9.59 Å². The summed E-state index contributed by atoms with van der Waals surface area (Å²) in [6.07, 6.45) is 1.95. The molecule has 0 aromatic carbocycles. The third-order valence-corrected chi connectivity index (χ3v) is 2.76. The molecule has 2 amide bonds. The van der Waals surface area contributed by atoms with Crippen molar-refractivity contribution in [3.8, 4) is 0 Å². The maximum absolute atomic E-state index is 11.8. The average Bonchev–Trinajstić information content (AvgIpc) is 2.73. The summed E-state index contributed by atoms with van der Waals surface area (Å²) in [6, 6.07) is 0. The molecule has 1 unspecified atom stereocenters. The lowest BCUT2D eigenvalue weighted by atomic mass is 10.1. The van der Waals surface area contributed by atoms with Crippen molar-refractivity contribution in [2.24, 2.45) is 5.92 Å². The molecule has 0 aromatic heterocycles. The molecule has 2 fully saturated rings. The SMILES string of the molecule is C=C1CCC(C(=O)N2CCOC2=O)C1. The van der Waals surface area contributed by atoms with E-state index in [4.69, 9.17) is 4.74 Å². The molecule has 1 heterocycles. The zero-order valence-electron chi connectivity index (χ0n) is 7.99. The first-order chi connectivity index (χ1) is 6.68. The highest BCUT2D eigenvalue weighted by Crippen LogP contribution is 2.30. The van der Waals surface area contributed by atoms with Crippen LogP contribution in [0.1, 0.15) is 19.3 Å². The van der Waals surface area contributed by atoms with Crippen LogP contribution in [0.15, 0.2) is 12.2 Å². The van der Waals surface area contributed by atoms with E-state index in [0.29, 0.717) is 13.2 Å². The fourth-order valence-corrected chi connectivity index (χ4v) is 1.96. The molecule has 76 valence electrons. The van der Waals surface area contributed by atoms with Gasteiger partial charge in [0.1, 0.15) is 6.61 Å². The predicted octanol–water partition coefficient (Wildman–Crippen LogP) is 1.32. The van der Waals surface area contributed by atoms with Crippen LogP contribution in [0.5, 0.6) is 0 Å². The van der Waals surface area contributed by atoms with Crippen LogP contribution >= 0.6 is 0 Å². The second kappa shape index (κ2) is 3.44. The molecule has 2 rings (SSSR count). The zero-order chi connectivity index (χ0) is 10.1. The Morgan fingerprint density at radius 3 is 2.86 bits per heavy atom. The minimum atomic E-state index is -0.493. The van der Waals surface area contributed by atoms with Gasteiger partial charge in [-0.15, -0.1) is 0 Å². The molecule has 1 saturated heterocycles. The number of amides is 2. The summed E-state index contributed by atoms with van der Waals surface area (Å²) in [7, 11) is 0. The van der Waals surface area contributed by atoms with Gasteiger partial charge < -0.3 is 4.74 Å². The molecule has 1 saturated carbocycles. The second-order valence-electron chi connectivity index (χ2n) is 3.79. The summed E-state index contributed by atoms with van der Waals surface area (Å²) >= 11 is 0. The molecule has 2 aliphatic rings. The van der Waals surface area contributed by atoms with Crippen LogP contribution in [-0.4, -0.2) is 30.1 Å². The summed E-state index contributed by atoms with van der Waals surface area (Å²) in [5, 5.41) is 0. The van der Waals surface area contributed by atoms with Crippen LogP contribution in [0.3, 0.4) is 0 Å². The summed E-state index contributed by atoms with van der Waals surface area (Å²) in [5.41, 5.74) is 1.11. The molecule has 1 aliphatic heterocycles. The molecular weight excluding hydrogens is 182 g/mol. The molecule has 0 aromatic rings. The van der Waals surface area contributed by atoms with Gasteiger partial charge in [0, 0.05) is 5.92 Å². The Hall–Kier alpha value is -1.32. The third-order valence-electron chi connectivity index (χ3n) is 2.76. The number of carbonyl (C=O) groups is 2. The lowest BCUT2D eigenvalue weighted by Crippen LogP contribution is -2.35. The topological polar surface area (TPSA) is 46.6 Å². The van der Waals surface area contributed by atoms with Crippen molar-refractivity contribution in [3.63, 3.8) is 0 Å². The van der Waals surface area contributed by atoms with E-state index in [1.807, 2.05) is 0 Å². The van der Waals surface area contributed by atoms with Gasteiger partial charge in [-0.1, -0.05) is 12.2 Å². The van der Waals surface area contributed by atoms with Gasteiger partial charge in [-0.05, 0) is 19.3 Å². The average molecular weight is 195 g/mol. The number of hydrogen-bond donors (Lipinski definition) is 0. The number of hydrogen-bond acceptors (Lipinski definition) is 3. The van der Waals surface area contributed by atoms with Crippen LogP contribution < -0.4 is 0 Å². The first kappa shape index (κ1) is 9.24. The van der Waals surface area contributed by atoms with Gasteiger partial charge in [-0.25, -0.2) is 9.69 Å². The van der Waals surface area contributed by atoms with Gasteiger partial charge in [0.2, 0.25) is 5.91 Å². The number of ether oxygens (including phenoxy) is 1. The van der Waals surface area contributed by atoms with E-state index < -0.39 is 6.09 Å². The molecule has 1 aliphatic carbocycles. The number of allylic oxidation sites excluding steroid dienone is 1. The monoisotopic (exact) mass is 195 g/mol. The second-order valence-corrected chi connectivity index (χ2v) is 3.79. The highest BCUT2D eigenvalue weighted by Gasteiger charge is 2.35. The van der Waals surface area contributed by atoms with Crippen LogP contribution in [0, 0.1) is 5.92 Å². The summed E-state index contributed by atoms with van der Waals surface area (Å²) < 4.78 is 4.72. The Morgan fingerprint density at radius 2 is 2.36 bits per heavy atom. The Kier molecular flexibility index (Phi) is 2.27. The fourth-order valence-electron chi connectivity index (χ4n) is 1.96. The maximum Gasteiger partial charge on any atom is 0.416 e. The largest absolute Gasteiger partial charge is 0.447 e. The fraction of sp³-hybridized carbons (Fsp3) is 0.600. The predicted molar refractivity (Wildman–Crippen MR) is 49.5 cm³/mol. The van der Waals surface area contributed by atoms with Crippen molar-refractivity contribution < 1.29 is 14.3 Å². The Balaban J connectivity index is 2.01. The molecule has 0 spiro atoms. The summed E-state index contributed by atoms with van der Waals surface area (Å²) in [6.45, 7) is 4.58. The van der Waals surface area contributed by atoms with Crippen LogP contribution in [0.2, 0.25) is 0 Å². The number of imide groups is 1. The van der Waals surface area contributed by atoms with Crippen LogP contribution in [0.4, 0.5) is 4.79 Å². The van der Waals surface area contributed by atoms with Crippen molar-refractivity contribution in [1.29, 1.82) is 0 Å². The van der Waals surface area contributed by atoms with Gasteiger partial charge in [-0.3, -0.25) is 4.79 Å². The van der Waals surface area contributed by atoms with Crippen molar-refractivity contribution >= 4 is 12.0 Å². The third kappa shape index (κ3) is 1.52. The summed E-state index contributed by atoms with van der Waals surface area (Å²) in [5.74, 6) is -0.140. The normalized spacial score (nSPS) is 26.9. The van der Waals surface area contributed by atoms with Crippen LogP contribution in [0.25, 0.3) is 0 Å². The maximum atomic E-state index is 11.8. The first-order valence-electron chi connectivity index (χ1n) is 4.83. The Labute approximate surface area is 82.5 Å². The highest BCUT2D eigenvalue weighted by molar-refractivity contribution is 5.94. The molecule has 4 heteroatoms. The van der Waals surface area contributed by atoms with Gasteiger partial charge in [-0.2, -0.15) is 0 Å². The standard InChI is InChI=1S/C10H13NO3/c1-7-2-3-8(6-7)9(12)11-4-5-14-10(11)13/h8H,1-6H2. The minimum Gasteiger partial charge on any atom is -0.447 e. The Bertz CT molecular complexity index is 298. The quantitative estimate of drug-likeness (QED) is 0.593. The van der Waals surface area contributed by atoms with Crippen molar-refractivity contribution in [2.45, 2.75) is 19.3 Å².